The monoisotopic (exact) mass is 457 g/mol. The Labute approximate surface area is 189 Å². The second-order valence-corrected chi connectivity index (χ2v) is 8.12. The predicted octanol–water partition coefficient (Wildman–Crippen LogP) is 2.33. The number of piperazine rings is 1. The van der Waals surface area contributed by atoms with Crippen molar-refractivity contribution in [2.24, 2.45) is 5.10 Å². The van der Waals surface area contributed by atoms with Gasteiger partial charge in [0.2, 0.25) is 0 Å². The van der Waals surface area contributed by atoms with Crippen LogP contribution in [-0.4, -0.2) is 71.6 Å². The molecular formula is C20H23N7O2S2. The number of fused-ring (bicyclic) bond motifs is 1. The van der Waals surface area contributed by atoms with Crippen molar-refractivity contribution in [3.63, 3.8) is 0 Å². The van der Waals surface area contributed by atoms with E-state index in [1.807, 2.05) is 17.5 Å². The molecule has 0 bridgehead atoms. The molecule has 11 heteroatoms. The largest absolute Gasteiger partial charge is 0.493 e. The number of anilines is 1. The second-order valence-electron chi connectivity index (χ2n) is 6.75. The first-order chi connectivity index (χ1) is 15.2. The third-order valence-electron chi connectivity index (χ3n) is 4.99. The Hall–Kier alpha value is -3.05. The summed E-state index contributed by atoms with van der Waals surface area (Å²) in [5, 5.41) is 8.75. The van der Waals surface area contributed by atoms with E-state index < -0.39 is 0 Å². The van der Waals surface area contributed by atoms with Crippen LogP contribution >= 0.6 is 23.6 Å². The van der Waals surface area contributed by atoms with Gasteiger partial charge in [0.1, 0.15) is 12.1 Å². The molecule has 1 aliphatic rings. The van der Waals surface area contributed by atoms with Gasteiger partial charge in [0.05, 0.1) is 24.7 Å². The number of rotatable bonds is 6. The predicted molar refractivity (Wildman–Crippen MR) is 126 cm³/mol. The van der Waals surface area contributed by atoms with E-state index in [1.54, 1.807) is 44.3 Å². The maximum absolute atomic E-state index is 5.49. The van der Waals surface area contributed by atoms with Gasteiger partial charge in [-0.2, -0.15) is 5.10 Å². The maximum atomic E-state index is 5.49. The lowest BCUT2D eigenvalue weighted by Crippen LogP contribution is -2.51. The van der Waals surface area contributed by atoms with Gasteiger partial charge >= 0.3 is 0 Å². The average molecular weight is 458 g/mol. The maximum Gasteiger partial charge on any atom is 0.189 e. The molecule has 1 N–H and O–H groups in total. The van der Waals surface area contributed by atoms with Crippen LogP contribution in [0.5, 0.6) is 11.5 Å². The van der Waals surface area contributed by atoms with Crippen LogP contribution in [0.2, 0.25) is 0 Å². The minimum atomic E-state index is 0.619. The summed E-state index contributed by atoms with van der Waals surface area (Å²) in [6.45, 7) is 3.11. The molecule has 1 saturated heterocycles. The Morgan fingerprint density at radius 3 is 2.65 bits per heavy atom. The smallest absolute Gasteiger partial charge is 0.189 e. The number of hydrazone groups is 1. The van der Waals surface area contributed by atoms with Crippen LogP contribution in [0.3, 0.4) is 0 Å². The first-order valence-corrected chi connectivity index (χ1v) is 11.0. The lowest BCUT2D eigenvalue weighted by atomic mass is 10.2. The topological polar surface area (TPSA) is 88.0 Å². The van der Waals surface area contributed by atoms with Crippen LogP contribution in [0.4, 0.5) is 5.82 Å². The number of nitrogens with zero attached hydrogens (tertiary/aromatic N) is 6. The van der Waals surface area contributed by atoms with Gasteiger partial charge in [-0.15, -0.1) is 11.3 Å². The number of thiazole rings is 1. The zero-order chi connectivity index (χ0) is 21.6. The summed E-state index contributed by atoms with van der Waals surface area (Å²) < 4.78 is 10.8. The Kier molecular flexibility index (Phi) is 6.73. The summed E-state index contributed by atoms with van der Waals surface area (Å²) in [4.78, 5) is 17.5. The van der Waals surface area contributed by atoms with E-state index in [0.29, 0.717) is 23.0 Å². The number of aromatic nitrogens is 3. The molecule has 0 unspecified atom stereocenters. The van der Waals surface area contributed by atoms with Crippen molar-refractivity contribution in [1.29, 1.82) is 0 Å². The van der Waals surface area contributed by atoms with Crippen LogP contribution < -0.4 is 19.8 Å². The van der Waals surface area contributed by atoms with Gasteiger partial charge in [0.25, 0.3) is 0 Å². The molecule has 0 saturated carbocycles. The summed E-state index contributed by atoms with van der Waals surface area (Å²) in [6.07, 6.45) is 5.85. The second kappa shape index (κ2) is 9.84. The summed E-state index contributed by atoms with van der Waals surface area (Å²) >= 11 is 7.10. The van der Waals surface area contributed by atoms with Gasteiger partial charge in [0.15, 0.2) is 16.6 Å². The number of methoxy groups -OCH3 is 2. The fraction of sp³-hybridized carbons (Fsp3) is 0.350. The van der Waals surface area contributed by atoms with Crippen LogP contribution in [-0.2, 0) is 6.42 Å². The van der Waals surface area contributed by atoms with Gasteiger partial charge in [0, 0.05) is 61.8 Å². The molecule has 1 fully saturated rings. The first kappa shape index (κ1) is 21.2. The number of hydrogen-bond donors (Lipinski definition) is 1. The van der Waals surface area contributed by atoms with Gasteiger partial charge in [-0.3, -0.25) is 5.43 Å². The molecule has 162 valence electrons. The highest BCUT2D eigenvalue weighted by Gasteiger charge is 2.22. The number of thiocarbonyl (C=S) groups is 1. The van der Waals surface area contributed by atoms with Crippen molar-refractivity contribution in [1.82, 2.24) is 25.3 Å². The molecule has 31 heavy (non-hydrogen) atoms. The SMILES string of the molecule is COc1cc2ncnc(N3CCN(C(=S)NN=CCc4nccs4)CC3)c2cc1OC. The van der Waals surface area contributed by atoms with E-state index in [0.717, 1.165) is 47.9 Å². The highest BCUT2D eigenvalue weighted by molar-refractivity contribution is 7.80. The fourth-order valence-corrected chi connectivity index (χ4v) is 4.20. The fourth-order valence-electron chi connectivity index (χ4n) is 3.39. The van der Waals surface area contributed by atoms with Crippen molar-refractivity contribution in [3.8, 4) is 11.5 Å². The van der Waals surface area contributed by atoms with Crippen LogP contribution in [0.15, 0.2) is 35.1 Å². The Balaban J connectivity index is 1.38. The third kappa shape index (κ3) is 4.83. The summed E-state index contributed by atoms with van der Waals surface area (Å²) in [5.41, 5.74) is 3.77. The van der Waals surface area contributed by atoms with Crippen molar-refractivity contribution in [2.45, 2.75) is 6.42 Å². The summed E-state index contributed by atoms with van der Waals surface area (Å²) in [7, 11) is 3.24. The normalized spacial score (nSPS) is 14.3. The molecule has 4 rings (SSSR count). The van der Waals surface area contributed by atoms with Gasteiger partial charge in [-0.25, -0.2) is 15.0 Å². The Morgan fingerprint density at radius 1 is 1.16 bits per heavy atom. The zero-order valence-corrected chi connectivity index (χ0v) is 18.9. The molecule has 0 amide bonds. The molecule has 1 aliphatic heterocycles. The lowest BCUT2D eigenvalue weighted by molar-refractivity contribution is 0.355. The van der Waals surface area contributed by atoms with Gasteiger partial charge in [-0.1, -0.05) is 0 Å². The quantitative estimate of drug-likeness (QED) is 0.340. The Bertz CT molecular complexity index is 1070. The lowest BCUT2D eigenvalue weighted by Gasteiger charge is -2.36. The minimum absolute atomic E-state index is 0.619. The van der Waals surface area contributed by atoms with Crippen molar-refractivity contribution < 1.29 is 9.47 Å². The zero-order valence-electron chi connectivity index (χ0n) is 17.3. The third-order valence-corrected chi connectivity index (χ3v) is 6.14. The van der Waals surface area contributed by atoms with E-state index in [9.17, 15) is 0 Å². The molecule has 0 spiro atoms. The van der Waals surface area contributed by atoms with Crippen LogP contribution in [0.25, 0.3) is 10.9 Å². The molecule has 0 radical (unpaired) electrons. The number of hydrogen-bond acceptors (Lipinski definition) is 9. The molecule has 0 atom stereocenters. The first-order valence-electron chi connectivity index (χ1n) is 9.76. The van der Waals surface area contributed by atoms with Gasteiger partial charge in [-0.05, 0) is 18.3 Å². The van der Waals surface area contributed by atoms with Crippen molar-refractivity contribution in [2.75, 3.05) is 45.3 Å². The van der Waals surface area contributed by atoms with E-state index in [1.165, 1.54) is 0 Å². The molecule has 1 aromatic carbocycles. The van der Waals surface area contributed by atoms with Crippen molar-refractivity contribution in [3.05, 3.63) is 35.0 Å². The summed E-state index contributed by atoms with van der Waals surface area (Å²) in [6, 6.07) is 3.80. The van der Waals surface area contributed by atoms with E-state index >= 15 is 0 Å². The van der Waals surface area contributed by atoms with E-state index in [4.69, 9.17) is 21.7 Å². The van der Waals surface area contributed by atoms with Crippen LogP contribution in [0.1, 0.15) is 5.01 Å². The summed E-state index contributed by atoms with van der Waals surface area (Å²) in [5.74, 6) is 2.19. The number of ether oxygens (including phenoxy) is 2. The average Bonchev–Trinajstić information content (AvgIpc) is 3.34. The molecule has 3 aromatic rings. The molecule has 2 aromatic heterocycles. The van der Waals surface area contributed by atoms with Crippen molar-refractivity contribution >= 4 is 51.6 Å². The molecule has 3 heterocycles. The van der Waals surface area contributed by atoms with E-state index in [-0.39, 0.29) is 0 Å². The highest BCUT2D eigenvalue weighted by atomic mass is 32.1. The molecule has 0 aliphatic carbocycles. The minimum Gasteiger partial charge on any atom is -0.493 e. The Morgan fingerprint density at radius 2 is 1.94 bits per heavy atom. The van der Waals surface area contributed by atoms with Crippen LogP contribution in [0, 0.1) is 0 Å². The molecule has 9 nitrogen and oxygen atoms in total. The standard InChI is InChI=1S/C20H23N7O2S2/c1-28-16-11-14-15(12-17(16)29-2)22-13-23-19(14)26-6-8-27(9-7-26)20(30)25-24-4-3-18-21-5-10-31-18/h4-5,10-13H,3,6-9H2,1-2H3,(H,25,30). The highest BCUT2D eigenvalue weighted by Crippen LogP contribution is 2.34. The number of benzene rings is 1. The molecular weight excluding hydrogens is 434 g/mol. The number of nitrogens with one attached hydrogen (secondary N) is 1. The van der Waals surface area contributed by atoms with E-state index in [2.05, 4.69) is 35.3 Å². The van der Waals surface area contributed by atoms with Gasteiger partial charge < -0.3 is 19.3 Å².